The zero-order chi connectivity index (χ0) is 22.4. The molecule has 4 unspecified atom stereocenters. The minimum atomic E-state index is -1.23. The molecule has 2 saturated heterocycles. The number of hydrogen-bond acceptors (Lipinski definition) is 10. The van der Waals surface area contributed by atoms with E-state index in [2.05, 4.69) is 10.0 Å². The molecule has 11 nitrogen and oxygen atoms in total. The molecule has 0 spiro atoms. The van der Waals surface area contributed by atoms with Crippen LogP contribution in [-0.4, -0.2) is 79.8 Å². The highest BCUT2D eigenvalue weighted by atomic mass is 32.2. The standard InChI is InChI=1S/C16H28BN4O7S/c1-5-9-14(28-29-17)12(23)10(20-21-19)15(26-9)27-13-6(2)11(22)16(24-7(13)3)25-8(4)18/h6-7,9-18,22-23H,5H2,1-4H3/t6-,7?,9?,10?,11?,12+,13+,14-,15-,16-/m0/s1/i17T. The highest BCUT2D eigenvalue weighted by Crippen LogP contribution is 2.35. The van der Waals surface area contributed by atoms with Crippen molar-refractivity contribution in [2.75, 3.05) is 0 Å². The maximum atomic E-state index is 10.8. The molecule has 2 aliphatic heterocycles. The van der Waals surface area contributed by atoms with Gasteiger partial charge >= 0.3 is 0 Å². The summed E-state index contributed by atoms with van der Waals surface area (Å²) in [6.45, 7) is 6.76. The molecule has 0 saturated carbocycles. The van der Waals surface area contributed by atoms with Crippen LogP contribution in [0.5, 0.6) is 0 Å². The molecule has 2 rings (SSSR count). The van der Waals surface area contributed by atoms with E-state index < -0.39 is 61.2 Å². The largest absolute Gasteiger partial charge is 0.450 e. The van der Waals surface area contributed by atoms with Gasteiger partial charge in [-0.05, 0) is 20.2 Å². The van der Waals surface area contributed by atoms with Crippen LogP contribution in [0.15, 0.2) is 5.11 Å². The molecular formula is C16H28BN4O7S. The van der Waals surface area contributed by atoms with E-state index in [0.717, 1.165) is 19.0 Å². The van der Waals surface area contributed by atoms with Crippen molar-refractivity contribution >= 4 is 24.9 Å². The molecule has 3 N–H and O–H groups in total. The van der Waals surface area contributed by atoms with E-state index in [1.807, 2.05) is 6.92 Å². The van der Waals surface area contributed by atoms with Gasteiger partial charge in [0.25, 0.3) is 0 Å². The van der Waals surface area contributed by atoms with Crippen LogP contribution in [0, 0.1) is 11.3 Å². The van der Waals surface area contributed by atoms with Gasteiger partial charge in [-0.2, -0.15) is 0 Å². The van der Waals surface area contributed by atoms with Gasteiger partial charge in [-0.25, -0.2) is 0 Å². The lowest BCUT2D eigenvalue weighted by Gasteiger charge is -2.47. The van der Waals surface area contributed by atoms with Gasteiger partial charge in [0, 0.05) is 17.8 Å². The molecule has 2 aliphatic rings. The number of aliphatic hydroxyl groups excluding tert-OH is 2. The molecule has 0 amide bonds. The zero-order valence-corrected chi connectivity index (χ0v) is 17.6. The van der Waals surface area contributed by atoms with Gasteiger partial charge in [0.05, 0.1) is 24.4 Å². The fourth-order valence-corrected chi connectivity index (χ4v) is 3.98. The lowest BCUT2D eigenvalue weighted by Crippen LogP contribution is -2.61. The lowest BCUT2D eigenvalue weighted by atomic mass is 9.90. The first kappa shape index (κ1) is 22.6. The van der Waals surface area contributed by atoms with Crippen LogP contribution in [-0.2, 0) is 23.1 Å². The van der Waals surface area contributed by atoms with Crippen molar-refractivity contribution in [3.8, 4) is 0 Å². The number of rotatable bonds is 8. The van der Waals surface area contributed by atoms with E-state index in [-0.39, 0.29) is 5.90 Å². The van der Waals surface area contributed by atoms with Crippen molar-refractivity contribution in [1.82, 2.24) is 0 Å². The van der Waals surface area contributed by atoms with Crippen LogP contribution in [0.2, 0.25) is 0 Å². The summed E-state index contributed by atoms with van der Waals surface area (Å²) < 4.78 is 35.4. The molecule has 2 heterocycles. The summed E-state index contributed by atoms with van der Waals surface area (Å²) in [7, 11) is 0.975. The average molecular weight is 433 g/mol. The molecule has 0 aromatic heterocycles. The Labute approximate surface area is 176 Å². The van der Waals surface area contributed by atoms with Crippen LogP contribution < -0.4 is 0 Å². The SMILES string of the molecule is [3H][B]SO[C@H]1C(CC)O[C@@H](O[C@H]2C(C)O[C@@H](OC(C)=N)C(O)[C@@H]2C)C(N=[N+]=[N-])[C@H]1O. The van der Waals surface area contributed by atoms with Crippen LogP contribution in [0.1, 0.15) is 34.1 Å². The molecule has 163 valence electrons. The van der Waals surface area contributed by atoms with Gasteiger partial charge in [-0.15, -0.1) is 0 Å². The predicted molar refractivity (Wildman–Crippen MR) is 106 cm³/mol. The third-order valence-corrected chi connectivity index (χ3v) is 5.46. The van der Waals surface area contributed by atoms with E-state index in [0.29, 0.717) is 6.42 Å². The maximum Gasteiger partial charge on any atom is 0.228 e. The Kier molecular flexibility index (Phi) is 8.45. The number of azide groups is 1. The molecule has 0 aromatic carbocycles. The summed E-state index contributed by atoms with van der Waals surface area (Å²) in [6, 6.07) is -1.11. The van der Waals surface area contributed by atoms with E-state index in [1.54, 1.807) is 13.8 Å². The van der Waals surface area contributed by atoms with Crippen LogP contribution in [0.25, 0.3) is 10.4 Å². The van der Waals surface area contributed by atoms with Gasteiger partial charge in [-0.3, -0.25) is 5.41 Å². The second-order valence-corrected chi connectivity index (χ2v) is 7.51. The Balaban J connectivity index is 2.18. The molecule has 29 heavy (non-hydrogen) atoms. The van der Waals surface area contributed by atoms with Crippen molar-refractivity contribution in [1.29, 1.82) is 6.74 Å². The lowest BCUT2D eigenvalue weighted by molar-refractivity contribution is -0.319. The Bertz CT molecular complexity index is 634. The minimum Gasteiger partial charge on any atom is -0.450 e. The highest BCUT2D eigenvalue weighted by Gasteiger charge is 2.50. The third kappa shape index (κ3) is 5.56. The molecule has 0 aromatic rings. The van der Waals surface area contributed by atoms with E-state index in [9.17, 15) is 10.2 Å². The van der Waals surface area contributed by atoms with E-state index in [4.69, 9.17) is 35.4 Å². The Hall–Kier alpha value is -1.05. The first-order valence-electron chi connectivity index (χ1n) is 9.93. The van der Waals surface area contributed by atoms with Gasteiger partial charge in [0.15, 0.2) is 12.2 Å². The Morgan fingerprint density at radius 3 is 2.62 bits per heavy atom. The van der Waals surface area contributed by atoms with Gasteiger partial charge in [0.1, 0.15) is 18.2 Å². The monoisotopic (exact) mass is 433 g/mol. The van der Waals surface area contributed by atoms with Gasteiger partial charge in [-0.1, -0.05) is 30.9 Å². The quantitative estimate of drug-likeness (QED) is 0.0978. The number of nitrogens with zero attached hydrogens (tertiary/aromatic N) is 3. The third-order valence-electron chi connectivity index (χ3n) is 5.13. The smallest absolute Gasteiger partial charge is 0.228 e. The zero-order valence-electron chi connectivity index (χ0n) is 17.7. The summed E-state index contributed by atoms with van der Waals surface area (Å²) in [5, 5.41) is 32.4. The predicted octanol–water partition coefficient (Wildman–Crippen LogP) is 1.15. The van der Waals surface area contributed by atoms with Crippen LogP contribution in [0.4, 0.5) is 0 Å². The van der Waals surface area contributed by atoms with Crippen molar-refractivity contribution in [2.24, 2.45) is 11.0 Å². The minimum absolute atomic E-state index is 0.0837. The van der Waals surface area contributed by atoms with Crippen molar-refractivity contribution in [2.45, 2.75) is 89.4 Å². The molecule has 1 radical (unpaired) electrons. The summed E-state index contributed by atoms with van der Waals surface area (Å²) in [5.74, 6) is -0.548. The molecule has 2 fully saturated rings. The first-order chi connectivity index (χ1) is 14.2. The van der Waals surface area contributed by atoms with Crippen LogP contribution in [0.3, 0.4) is 0 Å². The van der Waals surface area contributed by atoms with Crippen molar-refractivity contribution in [3.63, 3.8) is 0 Å². The van der Waals surface area contributed by atoms with E-state index >= 15 is 0 Å². The first-order valence-corrected chi connectivity index (χ1v) is 10.2. The summed E-state index contributed by atoms with van der Waals surface area (Å²) >= 11 is 0.742. The molecule has 0 aliphatic carbocycles. The fraction of sp³-hybridized carbons (Fsp3) is 0.938. The van der Waals surface area contributed by atoms with Crippen LogP contribution >= 0.6 is 11.9 Å². The number of aliphatic hydroxyl groups is 2. The van der Waals surface area contributed by atoms with Gasteiger partial charge in [0.2, 0.25) is 13.4 Å². The fourth-order valence-electron chi connectivity index (χ4n) is 3.61. The molecule has 0 bridgehead atoms. The van der Waals surface area contributed by atoms with Crippen molar-refractivity contribution < 1.29 is 33.3 Å². The number of ether oxygens (including phenoxy) is 4. The molecule has 10 atom stereocenters. The second-order valence-electron chi connectivity index (χ2n) is 7.13. The van der Waals surface area contributed by atoms with E-state index in [1.165, 1.54) is 6.92 Å². The topological polar surface area (TPSA) is 159 Å². The number of nitrogens with one attached hydrogen (secondary N) is 1. The van der Waals surface area contributed by atoms with Gasteiger partial charge < -0.3 is 33.3 Å². The molecular weight excluding hydrogens is 403 g/mol. The number of hydrogen-bond donors (Lipinski definition) is 3. The average Bonchev–Trinajstić information content (AvgIpc) is 2.70. The summed E-state index contributed by atoms with van der Waals surface area (Å²) in [5.41, 5.74) is 8.96. The van der Waals surface area contributed by atoms with Crippen molar-refractivity contribution in [3.05, 3.63) is 10.4 Å². The maximum absolute atomic E-state index is 10.8. The second kappa shape index (κ2) is 10.8. The Morgan fingerprint density at radius 2 is 2.03 bits per heavy atom. The summed E-state index contributed by atoms with van der Waals surface area (Å²) in [6.07, 6.45) is -6.52. The Morgan fingerprint density at radius 1 is 1.31 bits per heavy atom. The molecule has 13 heteroatoms. The normalized spacial score (nSPS) is 43.0. The highest BCUT2D eigenvalue weighted by molar-refractivity contribution is 8.15. The summed E-state index contributed by atoms with van der Waals surface area (Å²) in [4.78, 5) is 2.79.